The van der Waals surface area contributed by atoms with Crippen molar-refractivity contribution in [1.29, 1.82) is 0 Å². The van der Waals surface area contributed by atoms with Crippen molar-refractivity contribution in [3.05, 3.63) is 22.2 Å². The van der Waals surface area contributed by atoms with Crippen LogP contribution in [0.1, 0.15) is 32.6 Å². The second kappa shape index (κ2) is 5.20. The lowest BCUT2D eigenvalue weighted by atomic mass is 10.2. The molecule has 2 rings (SSSR count). The van der Waals surface area contributed by atoms with Gasteiger partial charge in [0.05, 0.1) is 4.92 Å². The number of nitrogens with two attached hydrogens (primary N) is 1. The van der Waals surface area contributed by atoms with E-state index in [1.54, 1.807) is 0 Å². The number of hydrogen-bond donors (Lipinski definition) is 1. The Morgan fingerprint density at radius 2 is 2.28 bits per heavy atom. The van der Waals surface area contributed by atoms with Crippen molar-refractivity contribution < 1.29 is 4.92 Å². The van der Waals surface area contributed by atoms with Gasteiger partial charge in [-0.3, -0.25) is 10.1 Å². The van der Waals surface area contributed by atoms with Crippen LogP contribution in [0.4, 0.5) is 17.3 Å². The smallest absolute Gasteiger partial charge is 0.311 e. The molecular weight excluding hydrogens is 232 g/mol. The molecule has 0 aromatic carbocycles. The summed E-state index contributed by atoms with van der Waals surface area (Å²) in [6.07, 6.45) is 4.22. The average Bonchev–Trinajstić information content (AvgIpc) is 3.13. The average molecular weight is 250 g/mol. The predicted molar refractivity (Wildman–Crippen MR) is 70.6 cm³/mol. The first-order chi connectivity index (χ1) is 8.63. The van der Waals surface area contributed by atoms with Gasteiger partial charge in [0.1, 0.15) is 5.82 Å². The summed E-state index contributed by atoms with van der Waals surface area (Å²) in [7, 11) is 0. The molecule has 1 aromatic rings. The van der Waals surface area contributed by atoms with Crippen molar-refractivity contribution in [2.24, 2.45) is 0 Å². The number of nitrogens with zero attached hydrogens (tertiary/aromatic N) is 3. The number of nitrogen functional groups attached to an aromatic ring is 1. The molecule has 0 unspecified atom stereocenters. The van der Waals surface area contributed by atoms with Crippen LogP contribution in [-0.2, 0) is 0 Å². The number of hydrogen-bond acceptors (Lipinski definition) is 5. The number of unbranched alkanes of at least 4 members (excludes halogenated alkanes) is 1. The molecule has 0 radical (unpaired) electrons. The Hall–Kier alpha value is -1.85. The molecule has 0 aliphatic heterocycles. The van der Waals surface area contributed by atoms with E-state index in [2.05, 4.69) is 11.9 Å². The zero-order valence-electron chi connectivity index (χ0n) is 10.5. The van der Waals surface area contributed by atoms with Gasteiger partial charge in [0.15, 0.2) is 0 Å². The molecule has 1 fully saturated rings. The zero-order valence-corrected chi connectivity index (χ0v) is 10.5. The van der Waals surface area contributed by atoms with E-state index in [0.717, 1.165) is 32.2 Å². The highest BCUT2D eigenvalue weighted by molar-refractivity contribution is 5.62. The van der Waals surface area contributed by atoms with Crippen molar-refractivity contribution >= 4 is 17.3 Å². The van der Waals surface area contributed by atoms with E-state index in [-0.39, 0.29) is 10.6 Å². The first kappa shape index (κ1) is 12.6. The Morgan fingerprint density at radius 1 is 1.56 bits per heavy atom. The van der Waals surface area contributed by atoms with E-state index in [4.69, 9.17) is 5.73 Å². The van der Waals surface area contributed by atoms with Gasteiger partial charge in [0, 0.05) is 18.7 Å². The summed E-state index contributed by atoms with van der Waals surface area (Å²) in [6.45, 7) is 2.91. The quantitative estimate of drug-likeness (QED) is 0.618. The second-order valence-electron chi connectivity index (χ2n) is 4.61. The Balaban J connectivity index is 2.32. The van der Waals surface area contributed by atoms with Crippen LogP contribution in [0.15, 0.2) is 12.1 Å². The van der Waals surface area contributed by atoms with Crippen LogP contribution < -0.4 is 10.6 Å². The third-order valence-corrected chi connectivity index (χ3v) is 3.09. The minimum Gasteiger partial charge on any atom is -0.384 e. The summed E-state index contributed by atoms with van der Waals surface area (Å²) >= 11 is 0. The van der Waals surface area contributed by atoms with Crippen LogP contribution in [0.3, 0.4) is 0 Å². The number of aromatic nitrogens is 1. The van der Waals surface area contributed by atoms with Gasteiger partial charge < -0.3 is 10.6 Å². The minimum absolute atomic E-state index is 0.0483. The van der Waals surface area contributed by atoms with Gasteiger partial charge in [-0.05, 0) is 25.3 Å². The molecule has 98 valence electrons. The monoisotopic (exact) mass is 250 g/mol. The summed E-state index contributed by atoms with van der Waals surface area (Å²) in [4.78, 5) is 16.9. The lowest BCUT2D eigenvalue weighted by Crippen LogP contribution is -2.28. The van der Waals surface area contributed by atoms with Crippen LogP contribution in [0.25, 0.3) is 0 Å². The lowest BCUT2D eigenvalue weighted by Gasteiger charge is -2.23. The molecule has 6 nitrogen and oxygen atoms in total. The molecule has 0 amide bonds. The normalized spacial score (nSPS) is 14.5. The molecule has 2 N–H and O–H groups in total. The first-order valence-electron chi connectivity index (χ1n) is 6.31. The van der Waals surface area contributed by atoms with Gasteiger partial charge in [0.25, 0.3) is 0 Å². The fourth-order valence-electron chi connectivity index (χ4n) is 1.99. The van der Waals surface area contributed by atoms with Crippen molar-refractivity contribution in [2.75, 3.05) is 17.2 Å². The maximum atomic E-state index is 11.1. The van der Waals surface area contributed by atoms with Crippen molar-refractivity contribution in [3.8, 4) is 0 Å². The van der Waals surface area contributed by atoms with E-state index >= 15 is 0 Å². The maximum Gasteiger partial charge on any atom is 0.311 e. The molecule has 1 heterocycles. The fourth-order valence-corrected chi connectivity index (χ4v) is 1.99. The number of anilines is 2. The van der Waals surface area contributed by atoms with Gasteiger partial charge in [-0.1, -0.05) is 13.3 Å². The highest BCUT2D eigenvalue weighted by atomic mass is 16.6. The van der Waals surface area contributed by atoms with Crippen LogP contribution >= 0.6 is 0 Å². The summed E-state index contributed by atoms with van der Waals surface area (Å²) in [5, 5.41) is 11.1. The van der Waals surface area contributed by atoms with Crippen LogP contribution in [-0.4, -0.2) is 22.5 Å². The topological polar surface area (TPSA) is 85.3 Å². The van der Waals surface area contributed by atoms with Crippen LogP contribution in [0.2, 0.25) is 0 Å². The van der Waals surface area contributed by atoms with Crippen LogP contribution in [0, 0.1) is 10.1 Å². The first-order valence-corrected chi connectivity index (χ1v) is 6.31. The largest absolute Gasteiger partial charge is 0.384 e. The molecule has 6 heteroatoms. The molecule has 1 aromatic heterocycles. The van der Waals surface area contributed by atoms with Gasteiger partial charge >= 0.3 is 5.69 Å². The maximum absolute atomic E-state index is 11.1. The summed E-state index contributed by atoms with van der Waals surface area (Å²) in [5.41, 5.74) is 5.70. The minimum atomic E-state index is -0.386. The van der Waals surface area contributed by atoms with Crippen molar-refractivity contribution in [2.45, 2.75) is 38.6 Å². The molecular formula is C12H18N4O2. The lowest BCUT2D eigenvalue weighted by molar-refractivity contribution is -0.384. The van der Waals surface area contributed by atoms with Gasteiger partial charge in [-0.15, -0.1) is 0 Å². The Bertz CT molecular complexity index is 446. The Morgan fingerprint density at radius 3 is 2.83 bits per heavy atom. The van der Waals surface area contributed by atoms with Crippen molar-refractivity contribution in [3.63, 3.8) is 0 Å². The predicted octanol–water partition coefficient (Wildman–Crippen LogP) is 2.34. The summed E-state index contributed by atoms with van der Waals surface area (Å²) in [6, 6.07) is 3.32. The molecule has 1 aliphatic carbocycles. The van der Waals surface area contributed by atoms with E-state index in [1.807, 2.05) is 4.90 Å². The summed E-state index contributed by atoms with van der Waals surface area (Å²) < 4.78 is 0. The van der Waals surface area contributed by atoms with E-state index in [1.165, 1.54) is 12.1 Å². The van der Waals surface area contributed by atoms with Gasteiger partial charge in [-0.25, -0.2) is 4.98 Å². The number of nitro groups is 1. The highest BCUT2D eigenvalue weighted by Gasteiger charge is 2.33. The molecule has 18 heavy (non-hydrogen) atoms. The molecule has 1 saturated carbocycles. The third kappa shape index (κ3) is 2.69. The molecule has 0 bridgehead atoms. The third-order valence-electron chi connectivity index (χ3n) is 3.09. The Kier molecular flexibility index (Phi) is 3.64. The van der Waals surface area contributed by atoms with Crippen LogP contribution in [0.5, 0.6) is 0 Å². The summed E-state index contributed by atoms with van der Waals surface area (Å²) in [5.74, 6) is 0.758. The standard InChI is InChI=1S/C12H18N4O2/c1-2-3-8-15(9-4-5-9)12-10(16(17)18)6-7-11(13)14-12/h6-7,9H,2-5,8H2,1H3,(H2,13,14). The van der Waals surface area contributed by atoms with E-state index in [0.29, 0.717) is 17.7 Å². The molecule has 1 aliphatic rings. The molecule has 0 spiro atoms. The molecule has 0 atom stereocenters. The fraction of sp³-hybridized carbons (Fsp3) is 0.583. The number of pyridine rings is 1. The second-order valence-corrected chi connectivity index (χ2v) is 4.61. The number of rotatable bonds is 6. The Labute approximate surface area is 106 Å². The van der Waals surface area contributed by atoms with E-state index < -0.39 is 0 Å². The molecule has 0 saturated heterocycles. The highest BCUT2D eigenvalue weighted by Crippen LogP contribution is 2.36. The van der Waals surface area contributed by atoms with Gasteiger partial charge in [-0.2, -0.15) is 0 Å². The SMILES string of the molecule is CCCCN(c1nc(N)ccc1[N+](=O)[O-])C1CC1. The zero-order chi connectivity index (χ0) is 13.1. The van der Waals surface area contributed by atoms with Gasteiger partial charge in [0.2, 0.25) is 5.82 Å². The van der Waals surface area contributed by atoms with Crippen molar-refractivity contribution in [1.82, 2.24) is 4.98 Å². The van der Waals surface area contributed by atoms with E-state index in [9.17, 15) is 10.1 Å².